The Kier molecular flexibility index (Phi) is 4.12. The number of sulfone groups is 1. The van der Waals surface area contributed by atoms with Crippen LogP contribution in [0, 0.1) is 5.41 Å². The number of hydrogen-bond donors (Lipinski definition) is 0. The van der Waals surface area contributed by atoms with Gasteiger partial charge in [0.25, 0.3) is 0 Å². The Balaban J connectivity index is 2.67. The van der Waals surface area contributed by atoms with Crippen molar-refractivity contribution in [1.82, 2.24) is 4.90 Å². The van der Waals surface area contributed by atoms with E-state index in [4.69, 9.17) is 0 Å². The fourth-order valence-electron chi connectivity index (χ4n) is 1.96. The molecule has 1 saturated heterocycles. The molecule has 0 radical (unpaired) electrons. The third kappa shape index (κ3) is 3.28. The third-order valence-corrected chi connectivity index (χ3v) is 5.26. The molecule has 2 unspecified atom stereocenters. The molecule has 0 aliphatic carbocycles. The minimum atomic E-state index is -2.86. The van der Waals surface area contributed by atoms with Crippen LogP contribution in [0.15, 0.2) is 0 Å². The summed E-state index contributed by atoms with van der Waals surface area (Å²) < 4.78 is 22.8. The van der Waals surface area contributed by atoms with Gasteiger partial charge in [0.05, 0.1) is 11.5 Å². The molecular weight excluding hydrogens is 226 g/mol. The van der Waals surface area contributed by atoms with Crippen LogP contribution < -0.4 is 0 Å². The number of rotatable bonds is 4. The SMILES string of the molecule is CCC(C)(C=O)CN1CCS(=O)(=O)CC1C. The van der Waals surface area contributed by atoms with E-state index in [1.807, 2.05) is 20.8 Å². The van der Waals surface area contributed by atoms with Crippen LogP contribution in [0.3, 0.4) is 0 Å². The maximum Gasteiger partial charge on any atom is 0.153 e. The average molecular weight is 247 g/mol. The highest BCUT2D eigenvalue weighted by Gasteiger charge is 2.32. The topological polar surface area (TPSA) is 54.5 Å². The Morgan fingerprint density at radius 2 is 2.12 bits per heavy atom. The molecule has 0 aromatic carbocycles. The second kappa shape index (κ2) is 4.84. The summed E-state index contributed by atoms with van der Waals surface area (Å²) in [5.41, 5.74) is -0.352. The minimum absolute atomic E-state index is 0.0181. The molecule has 1 rings (SSSR count). The standard InChI is InChI=1S/C11H21NO3S/c1-4-11(3,9-13)8-12-5-6-16(14,15)7-10(12)2/h9-10H,4-8H2,1-3H3. The average Bonchev–Trinajstić information content (AvgIpc) is 2.21. The summed E-state index contributed by atoms with van der Waals surface area (Å²) in [5.74, 6) is 0.432. The van der Waals surface area contributed by atoms with Gasteiger partial charge < -0.3 is 4.79 Å². The first kappa shape index (κ1) is 13.6. The van der Waals surface area contributed by atoms with Crippen LogP contribution >= 0.6 is 0 Å². The molecule has 2 atom stereocenters. The number of carbonyl (C=O) groups is 1. The summed E-state index contributed by atoms with van der Waals surface area (Å²) in [6.07, 6.45) is 1.77. The molecule has 0 spiro atoms. The molecule has 0 saturated carbocycles. The van der Waals surface area contributed by atoms with Crippen LogP contribution in [-0.4, -0.2) is 50.2 Å². The predicted molar refractivity (Wildman–Crippen MR) is 64.2 cm³/mol. The number of hydrogen-bond acceptors (Lipinski definition) is 4. The molecular formula is C11H21NO3S. The van der Waals surface area contributed by atoms with Crippen molar-refractivity contribution in [2.24, 2.45) is 5.41 Å². The van der Waals surface area contributed by atoms with Crippen LogP contribution in [0.1, 0.15) is 27.2 Å². The first-order chi connectivity index (χ1) is 7.32. The van der Waals surface area contributed by atoms with E-state index in [9.17, 15) is 13.2 Å². The van der Waals surface area contributed by atoms with Gasteiger partial charge in [0, 0.05) is 24.5 Å². The van der Waals surface area contributed by atoms with Gasteiger partial charge in [0.2, 0.25) is 0 Å². The van der Waals surface area contributed by atoms with Crippen LogP contribution in [0.25, 0.3) is 0 Å². The zero-order valence-electron chi connectivity index (χ0n) is 10.3. The van der Waals surface area contributed by atoms with Crippen LogP contribution in [0.4, 0.5) is 0 Å². The first-order valence-corrected chi connectivity index (χ1v) is 7.55. The molecule has 4 nitrogen and oxygen atoms in total. The van der Waals surface area contributed by atoms with E-state index in [-0.39, 0.29) is 23.0 Å². The molecule has 0 N–H and O–H groups in total. The van der Waals surface area contributed by atoms with Crippen molar-refractivity contribution in [3.63, 3.8) is 0 Å². The Labute approximate surface area is 97.9 Å². The normalized spacial score (nSPS) is 29.6. The highest BCUT2D eigenvalue weighted by atomic mass is 32.2. The van der Waals surface area contributed by atoms with E-state index in [1.165, 1.54) is 0 Å². The van der Waals surface area contributed by atoms with Crippen molar-refractivity contribution in [3.05, 3.63) is 0 Å². The predicted octanol–water partition coefficient (Wildman–Crippen LogP) is 0.721. The second-order valence-electron chi connectivity index (χ2n) is 5.06. The molecule has 0 bridgehead atoms. The first-order valence-electron chi connectivity index (χ1n) is 5.73. The fourth-order valence-corrected chi connectivity index (χ4v) is 3.59. The van der Waals surface area contributed by atoms with E-state index >= 15 is 0 Å². The quantitative estimate of drug-likeness (QED) is 0.687. The van der Waals surface area contributed by atoms with Gasteiger partial charge in [0.1, 0.15) is 6.29 Å². The largest absolute Gasteiger partial charge is 0.303 e. The zero-order chi connectivity index (χ0) is 12.4. The number of carbonyl (C=O) groups excluding carboxylic acids is 1. The van der Waals surface area contributed by atoms with Gasteiger partial charge in [-0.1, -0.05) is 13.8 Å². The highest BCUT2D eigenvalue weighted by molar-refractivity contribution is 7.91. The molecule has 1 aliphatic heterocycles. The summed E-state index contributed by atoms with van der Waals surface area (Å²) in [4.78, 5) is 13.1. The van der Waals surface area contributed by atoms with E-state index in [1.54, 1.807) is 0 Å². The minimum Gasteiger partial charge on any atom is -0.303 e. The van der Waals surface area contributed by atoms with Crippen molar-refractivity contribution >= 4 is 16.1 Å². The lowest BCUT2D eigenvalue weighted by atomic mass is 9.88. The van der Waals surface area contributed by atoms with Crippen molar-refractivity contribution in [2.75, 3.05) is 24.6 Å². The Bertz CT molecular complexity index is 352. The van der Waals surface area contributed by atoms with E-state index in [2.05, 4.69) is 4.90 Å². The van der Waals surface area contributed by atoms with Gasteiger partial charge in [-0.15, -0.1) is 0 Å². The zero-order valence-corrected chi connectivity index (χ0v) is 11.1. The molecule has 16 heavy (non-hydrogen) atoms. The Morgan fingerprint density at radius 1 is 1.50 bits per heavy atom. The molecule has 5 heteroatoms. The van der Waals surface area contributed by atoms with E-state index in [0.717, 1.165) is 12.7 Å². The molecule has 0 aromatic heterocycles. The second-order valence-corrected chi connectivity index (χ2v) is 7.29. The third-order valence-electron chi connectivity index (χ3n) is 3.46. The summed E-state index contributed by atoms with van der Waals surface area (Å²) >= 11 is 0. The van der Waals surface area contributed by atoms with Gasteiger partial charge in [-0.05, 0) is 13.3 Å². The lowest BCUT2D eigenvalue weighted by molar-refractivity contribution is -0.116. The summed E-state index contributed by atoms with van der Waals surface area (Å²) in [6, 6.07) is 0.0181. The maximum atomic E-state index is 11.4. The molecule has 1 fully saturated rings. The lowest BCUT2D eigenvalue weighted by Gasteiger charge is -2.37. The molecule has 1 aliphatic rings. The van der Waals surface area contributed by atoms with Crippen LogP contribution in [-0.2, 0) is 14.6 Å². The Morgan fingerprint density at radius 3 is 2.56 bits per heavy atom. The maximum absolute atomic E-state index is 11.4. The highest BCUT2D eigenvalue weighted by Crippen LogP contribution is 2.22. The summed E-state index contributed by atoms with van der Waals surface area (Å²) in [6.45, 7) is 7.03. The van der Waals surface area contributed by atoms with Crippen LogP contribution in [0.2, 0.25) is 0 Å². The van der Waals surface area contributed by atoms with Gasteiger partial charge in [-0.25, -0.2) is 8.42 Å². The summed E-state index contributed by atoms with van der Waals surface area (Å²) in [5, 5.41) is 0. The van der Waals surface area contributed by atoms with Crippen molar-refractivity contribution in [1.29, 1.82) is 0 Å². The van der Waals surface area contributed by atoms with Gasteiger partial charge in [-0.2, -0.15) is 0 Å². The van der Waals surface area contributed by atoms with E-state index in [0.29, 0.717) is 13.1 Å². The smallest absolute Gasteiger partial charge is 0.153 e. The molecule has 0 amide bonds. The van der Waals surface area contributed by atoms with Gasteiger partial charge >= 0.3 is 0 Å². The van der Waals surface area contributed by atoms with Gasteiger partial charge in [-0.3, -0.25) is 4.90 Å². The van der Waals surface area contributed by atoms with Crippen molar-refractivity contribution in [3.8, 4) is 0 Å². The van der Waals surface area contributed by atoms with Crippen molar-refractivity contribution in [2.45, 2.75) is 33.2 Å². The van der Waals surface area contributed by atoms with Crippen molar-refractivity contribution < 1.29 is 13.2 Å². The lowest BCUT2D eigenvalue weighted by Crippen LogP contribution is -2.50. The molecule has 1 heterocycles. The molecule has 0 aromatic rings. The van der Waals surface area contributed by atoms with Gasteiger partial charge in [0.15, 0.2) is 9.84 Å². The van der Waals surface area contributed by atoms with E-state index < -0.39 is 9.84 Å². The fraction of sp³-hybridized carbons (Fsp3) is 0.909. The monoisotopic (exact) mass is 247 g/mol. The van der Waals surface area contributed by atoms with Crippen LogP contribution in [0.5, 0.6) is 0 Å². The Hall–Kier alpha value is -0.420. The molecule has 94 valence electrons. The number of nitrogens with zero attached hydrogens (tertiary/aromatic N) is 1. The number of aldehydes is 1. The summed E-state index contributed by atoms with van der Waals surface area (Å²) in [7, 11) is -2.86.